The lowest BCUT2D eigenvalue weighted by Gasteiger charge is -2.25. The van der Waals surface area contributed by atoms with Crippen molar-refractivity contribution in [1.29, 1.82) is 5.26 Å². The first-order valence-corrected chi connectivity index (χ1v) is 8.87. The summed E-state index contributed by atoms with van der Waals surface area (Å²) in [5.74, 6) is -0.268. The van der Waals surface area contributed by atoms with Gasteiger partial charge in [0.25, 0.3) is 0 Å². The van der Waals surface area contributed by atoms with E-state index in [0.717, 1.165) is 5.56 Å². The van der Waals surface area contributed by atoms with E-state index in [1.54, 1.807) is 12.1 Å². The smallest absolute Gasteiger partial charge is 0.225 e. The Bertz CT molecular complexity index is 854. The molecule has 0 bridgehead atoms. The number of carbonyl (C=O) groups excluding carboxylic acids is 2. The maximum atomic E-state index is 12.3. The Morgan fingerprint density at radius 3 is 2.40 bits per heavy atom. The molecule has 5 heteroatoms. The summed E-state index contributed by atoms with van der Waals surface area (Å²) < 4.78 is 0. The van der Waals surface area contributed by atoms with Gasteiger partial charge in [0.05, 0.1) is 22.4 Å². The second-order valence-corrected chi connectivity index (χ2v) is 6.63. The zero-order valence-electron chi connectivity index (χ0n) is 13.4. The van der Waals surface area contributed by atoms with E-state index in [0.29, 0.717) is 16.2 Å². The second kappa shape index (κ2) is 7.82. The number of thioether (sulfide) groups is 1. The Labute approximate surface area is 150 Å². The Hall–Kier alpha value is -2.84. The third kappa shape index (κ3) is 3.98. The summed E-state index contributed by atoms with van der Waals surface area (Å²) in [5, 5.41) is 12.8. The highest BCUT2D eigenvalue weighted by molar-refractivity contribution is 8.03. The number of ketones is 1. The van der Waals surface area contributed by atoms with Gasteiger partial charge in [-0.2, -0.15) is 5.26 Å². The van der Waals surface area contributed by atoms with Crippen LogP contribution in [0.25, 0.3) is 0 Å². The summed E-state index contributed by atoms with van der Waals surface area (Å²) >= 11 is 1.21. The normalized spacial score (nSPS) is 16.9. The van der Waals surface area contributed by atoms with Gasteiger partial charge in [-0.25, -0.2) is 0 Å². The van der Waals surface area contributed by atoms with Crippen LogP contribution < -0.4 is 5.32 Å². The predicted molar refractivity (Wildman–Crippen MR) is 97.8 cm³/mol. The minimum Gasteiger partial charge on any atom is -0.320 e. The van der Waals surface area contributed by atoms with E-state index in [4.69, 9.17) is 0 Å². The van der Waals surface area contributed by atoms with Gasteiger partial charge in [0, 0.05) is 17.9 Å². The number of Topliss-reactive ketones (excluding diaryl/α,β-unsaturated/α-hetero) is 1. The summed E-state index contributed by atoms with van der Waals surface area (Å²) in [6.45, 7) is 0. The van der Waals surface area contributed by atoms with Crippen LogP contribution in [0.2, 0.25) is 0 Å². The average Bonchev–Trinajstić information content (AvgIpc) is 2.67. The van der Waals surface area contributed by atoms with Crippen molar-refractivity contribution in [1.82, 2.24) is 5.32 Å². The van der Waals surface area contributed by atoms with Crippen molar-refractivity contribution >= 4 is 23.5 Å². The van der Waals surface area contributed by atoms with Crippen LogP contribution in [-0.2, 0) is 4.79 Å². The molecule has 1 amide bonds. The minimum absolute atomic E-state index is 0.0357. The van der Waals surface area contributed by atoms with Crippen molar-refractivity contribution in [3.05, 3.63) is 82.4 Å². The summed E-state index contributed by atoms with van der Waals surface area (Å²) in [5.41, 5.74) is 2.06. The molecule has 25 heavy (non-hydrogen) atoms. The molecule has 1 aliphatic rings. The number of allylic oxidation sites excluding steroid dienone is 1. The molecule has 0 aliphatic carbocycles. The zero-order valence-corrected chi connectivity index (χ0v) is 14.3. The molecule has 4 nitrogen and oxygen atoms in total. The largest absolute Gasteiger partial charge is 0.320 e. The summed E-state index contributed by atoms with van der Waals surface area (Å²) in [6, 6.07) is 20.7. The molecule has 0 saturated heterocycles. The van der Waals surface area contributed by atoms with Crippen molar-refractivity contribution in [3.8, 4) is 6.07 Å². The molecule has 3 rings (SSSR count). The van der Waals surface area contributed by atoms with Crippen LogP contribution in [0.5, 0.6) is 0 Å². The van der Waals surface area contributed by atoms with Gasteiger partial charge in [-0.05, 0) is 5.56 Å². The highest BCUT2D eigenvalue weighted by atomic mass is 32.2. The summed E-state index contributed by atoms with van der Waals surface area (Å²) in [7, 11) is 0. The number of rotatable bonds is 5. The van der Waals surface area contributed by atoms with Crippen molar-refractivity contribution in [2.75, 3.05) is 5.75 Å². The van der Waals surface area contributed by atoms with Gasteiger partial charge in [-0.3, -0.25) is 9.59 Å². The first kappa shape index (κ1) is 17.0. The number of nitrogens with one attached hydrogen (secondary N) is 1. The van der Waals surface area contributed by atoms with Crippen LogP contribution in [0, 0.1) is 11.3 Å². The van der Waals surface area contributed by atoms with Gasteiger partial charge in [-0.1, -0.05) is 72.4 Å². The highest BCUT2D eigenvalue weighted by Crippen LogP contribution is 2.35. The standard InChI is InChI=1S/C20H16N2O2S/c21-12-17-16(14-7-3-1-4-8-14)11-19(24)22-20(17)25-13-18(23)15-9-5-2-6-10-15/h1-10,16H,11,13H2,(H,22,24). The van der Waals surface area contributed by atoms with Crippen LogP contribution in [0.1, 0.15) is 28.3 Å². The molecule has 0 radical (unpaired) electrons. The molecule has 0 aromatic heterocycles. The van der Waals surface area contributed by atoms with E-state index in [1.165, 1.54) is 11.8 Å². The van der Waals surface area contributed by atoms with Crippen LogP contribution in [0.4, 0.5) is 0 Å². The number of nitriles is 1. The molecule has 1 unspecified atom stereocenters. The topological polar surface area (TPSA) is 70.0 Å². The van der Waals surface area contributed by atoms with E-state index >= 15 is 0 Å². The van der Waals surface area contributed by atoms with Gasteiger partial charge in [-0.15, -0.1) is 0 Å². The summed E-state index contributed by atoms with van der Waals surface area (Å²) in [6.07, 6.45) is 0.240. The number of hydrogen-bond donors (Lipinski definition) is 1. The Morgan fingerprint density at radius 2 is 1.76 bits per heavy atom. The maximum Gasteiger partial charge on any atom is 0.225 e. The van der Waals surface area contributed by atoms with Crippen molar-refractivity contribution in [2.24, 2.45) is 0 Å². The molecule has 0 saturated carbocycles. The van der Waals surface area contributed by atoms with E-state index in [2.05, 4.69) is 11.4 Å². The van der Waals surface area contributed by atoms with Crippen molar-refractivity contribution in [3.63, 3.8) is 0 Å². The monoisotopic (exact) mass is 348 g/mol. The quantitative estimate of drug-likeness (QED) is 0.838. The van der Waals surface area contributed by atoms with E-state index < -0.39 is 0 Å². The molecular weight excluding hydrogens is 332 g/mol. The molecule has 2 aromatic carbocycles. The van der Waals surface area contributed by atoms with Gasteiger partial charge in [0.2, 0.25) is 5.91 Å². The molecule has 0 fully saturated rings. The summed E-state index contributed by atoms with van der Waals surface area (Å²) in [4.78, 5) is 24.4. The molecule has 0 spiro atoms. The second-order valence-electron chi connectivity index (χ2n) is 5.65. The average molecular weight is 348 g/mol. The van der Waals surface area contributed by atoms with E-state index in [-0.39, 0.29) is 29.8 Å². The Kier molecular flexibility index (Phi) is 5.32. The van der Waals surface area contributed by atoms with E-state index in [9.17, 15) is 14.9 Å². The van der Waals surface area contributed by atoms with Gasteiger partial charge >= 0.3 is 0 Å². The molecule has 1 aliphatic heterocycles. The van der Waals surface area contributed by atoms with Gasteiger partial charge in [0.1, 0.15) is 0 Å². The maximum absolute atomic E-state index is 12.3. The van der Waals surface area contributed by atoms with Crippen molar-refractivity contribution in [2.45, 2.75) is 12.3 Å². The highest BCUT2D eigenvalue weighted by Gasteiger charge is 2.29. The van der Waals surface area contributed by atoms with Crippen LogP contribution in [-0.4, -0.2) is 17.4 Å². The molecular formula is C20H16N2O2S. The Balaban J connectivity index is 1.82. The van der Waals surface area contributed by atoms with Crippen LogP contribution in [0.3, 0.4) is 0 Å². The number of nitrogens with zero attached hydrogens (tertiary/aromatic N) is 1. The lowest BCUT2D eigenvalue weighted by molar-refractivity contribution is -0.120. The first-order chi connectivity index (χ1) is 12.2. The Morgan fingerprint density at radius 1 is 1.12 bits per heavy atom. The van der Waals surface area contributed by atoms with Crippen LogP contribution >= 0.6 is 11.8 Å². The van der Waals surface area contributed by atoms with Crippen LogP contribution in [0.15, 0.2) is 71.3 Å². The third-order valence-corrected chi connectivity index (χ3v) is 5.02. The number of benzene rings is 2. The number of carbonyl (C=O) groups is 2. The minimum atomic E-state index is -0.269. The zero-order chi connectivity index (χ0) is 17.6. The van der Waals surface area contributed by atoms with Crippen molar-refractivity contribution < 1.29 is 9.59 Å². The SMILES string of the molecule is N#CC1=C(SCC(=O)c2ccccc2)NC(=O)CC1c1ccccc1. The van der Waals surface area contributed by atoms with Gasteiger partial charge in [0.15, 0.2) is 5.78 Å². The number of hydrogen-bond acceptors (Lipinski definition) is 4. The first-order valence-electron chi connectivity index (χ1n) is 7.89. The molecule has 1 N–H and O–H groups in total. The fourth-order valence-corrected chi connectivity index (χ4v) is 3.72. The van der Waals surface area contributed by atoms with Gasteiger partial charge < -0.3 is 5.32 Å². The molecule has 1 heterocycles. The fraction of sp³-hybridized carbons (Fsp3) is 0.150. The number of amides is 1. The lowest BCUT2D eigenvalue weighted by Crippen LogP contribution is -2.31. The molecule has 2 aromatic rings. The van der Waals surface area contributed by atoms with E-state index in [1.807, 2.05) is 48.5 Å². The molecule has 1 atom stereocenters. The molecule has 124 valence electrons. The predicted octanol–water partition coefficient (Wildman–Crippen LogP) is 3.64. The lowest BCUT2D eigenvalue weighted by atomic mass is 9.87. The fourth-order valence-electron chi connectivity index (χ4n) is 2.75. The third-order valence-electron chi connectivity index (χ3n) is 4.00.